The van der Waals surface area contributed by atoms with E-state index >= 15 is 0 Å². The van der Waals surface area contributed by atoms with Crippen LogP contribution in [0.4, 0.5) is 10.1 Å². The van der Waals surface area contributed by atoms with E-state index in [9.17, 15) is 4.39 Å². The number of nitrogens with zero attached hydrogens (tertiary/aromatic N) is 1. The average molecular weight is 257 g/mol. The molecule has 1 aromatic heterocycles. The van der Waals surface area contributed by atoms with Gasteiger partial charge in [-0.25, -0.2) is 9.37 Å². The quantitative estimate of drug-likeness (QED) is 0.694. The van der Waals surface area contributed by atoms with Crippen molar-refractivity contribution < 1.29 is 9.13 Å². The molecule has 0 aliphatic heterocycles. The first kappa shape index (κ1) is 11.5. The molecule has 3 aromatic rings. The number of H-pyrrole nitrogens is 1. The van der Waals surface area contributed by atoms with E-state index < -0.39 is 0 Å². The third-order valence-corrected chi connectivity index (χ3v) is 2.96. The number of fused-ring (bicyclic) bond motifs is 1. The summed E-state index contributed by atoms with van der Waals surface area (Å²) >= 11 is 0. The topological polar surface area (TPSA) is 63.9 Å². The number of ether oxygens (including phenoxy) is 1. The highest BCUT2D eigenvalue weighted by Gasteiger charge is 2.09. The van der Waals surface area contributed by atoms with E-state index in [1.54, 1.807) is 13.2 Å². The molecule has 3 rings (SSSR count). The van der Waals surface area contributed by atoms with E-state index in [4.69, 9.17) is 10.5 Å². The Labute approximate surface area is 109 Å². The Morgan fingerprint density at radius 2 is 2.05 bits per heavy atom. The number of benzene rings is 2. The Bertz CT molecular complexity index is 752. The molecule has 19 heavy (non-hydrogen) atoms. The first-order valence-corrected chi connectivity index (χ1v) is 5.76. The van der Waals surface area contributed by atoms with Crippen molar-refractivity contribution in [3.63, 3.8) is 0 Å². The van der Waals surface area contributed by atoms with Crippen LogP contribution in [-0.2, 0) is 0 Å². The Balaban J connectivity index is 2.14. The Morgan fingerprint density at radius 1 is 1.21 bits per heavy atom. The van der Waals surface area contributed by atoms with Crippen LogP contribution in [0.2, 0.25) is 0 Å². The molecule has 0 aliphatic carbocycles. The van der Waals surface area contributed by atoms with Gasteiger partial charge in [0.1, 0.15) is 17.4 Å². The summed E-state index contributed by atoms with van der Waals surface area (Å²) < 4.78 is 18.2. The molecular formula is C14H12FN3O. The minimum absolute atomic E-state index is 0.353. The molecule has 0 spiro atoms. The van der Waals surface area contributed by atoms with Crippen LogP contribution in [0.25, 0.3) is 22.4 Å². The Kier molecular flexibility index (Phi) is 2.59. The molecule has 0 fully saturated rings. The maximum atomic E-state index is 13.0. The van der Waals surface area contributed by atoms with E-state index in [-0.39, 0.29) is 5.82 Å². The zero-order valence-corrected chi connectivity index (χ0v) is 10.3. The number of anilines is 1. The van der Waals surface area contributed by atoms with Crippen molar-refractivity contribution in [1.82, 2.24) is 9.97 Å². The summed E-state index contributed by atoms with van der Waals surface area (Å²) in [6, 6.07) is 9.79. The zero-order chi connectivity index (χ0) is 13.4. The summed E-state index contributed by atoms with van der Waals surface area (Å²) in [5.41, 5.74) is 8.49. The van der Waals surface area contributed by atoms with Crippen molar-refractivity contribution in [2.75, 3.05) is 12.8 Å². The number of hydrogen-bond acceptors (Lipinski definition) is 3. The SMILES string of the molecule is COc1ccc2nc(-c3ccc(F)cc3N)[nH]c2c1. The summed E-state index contributed by atoms with van der Waals surface area (Å²) in [6.45, 7) is 0. The van der Waals surface area contributed by atoms with Crippen LogP contribution in [0.1, 0.15) is 0 Å². The van der Waals surface area contributed by atoms with Crippen LogP contribution < -0.4 is 10.5 Å². The van der Waals surface area contributed by atoms with Crippen LogP contribution in [0, 0.1) is 5.82 Å². The van der Waals surface area contributed by atoms with Crippen molar-refractivity contribution in [3.8, 4) is 17.1 Å². The largest absolute Gasteiger partial charge is 0.497 e. The second kappa shape index (κ2) is 4.28. The molecule has 0 radical (unpaired) electrons. The molecule has 0 saturated heterocycles. The summed E-state index contributed by atoms with van der Waals surface area (Å²) in [5, 5.41) is 0. The van der Waals surface area contributed by atoms with Gasteiger partial charge in [0.2, 0.25) is 0 Å². The van der Waals surface area contributed by atoms with Gasteiger partial charge >= 0.3 is 0 Å². The number of aromatic nitrogens is 2. The van der Waals surface area contributed by atoms with Crippen LogP contribution >= 0.6 is 0 Å². The van der Waals surface area contributed by atoms with E-state index in [1.165, 1.54) is 12.1 Å². The fourth-order valence-corrected chi connectivity index (χ4v) is 1.99. The average Bonchev–Trinajstić information content (AvgIpc) is 2.80. The molecule has 0 atom stereocenters. The second-order valence-corrected chi connectivity index (χ2v) is 4.20. The molecule has 1 heterocycles. The molecule has 3 N–H and O–H groups in total. The van der Waals surface area contributed by atoms with Gasteiger partial charge in [-0.3, -0.25) is 0 Å². The van der Waals surface area contributed by atoms with Gasteiger partial charge in [-0.2, -0.15) is 0 Å². The summed E-state index contributed by atoms with van der Waals surface area (Å²) in [6.07, 6.45) is 0. The molecule has 96 valence electrons. The predicted molar refractivity (Wildman–Crippen MR) is 72.5 cm³/mol. The van der Waals surface area contributed by atoms with Crippen LogP contribution in [0.5, 0.6) is 5.75 Å². The van der Waals surface area contributed by atoms with Gasteiger partial charge in [-0.05, 0) is 30.3 Å². The number of nitrogen functional groups attached to an aromatic ring is 1. The van der Waals surface area contributed by atoms with Crippen molar-refractivity contribution >= 4 is 16.7 Å². The number of rotatable bonds is 2. The minimum Gasteiger partial charge on any atom is -0.497 e. The predicted octanol–water partition coefficient (Wildman–Crippen LogP) is 2.96. The minimum atomic E-state index is -0.362. The number of nitrogens with two attached hydrogens (primary N) is 1. The fourth-order valence-electron chi connectivity index (χ4n) is 1.99. The number of methoxy groups -OCH3 is 1. The van der Waals surface area contributed by atoms with Crippen molar-refractivity contribution in [2.45, 2.75) is 0 Å². The first-order chi connectivity index (χ1) is 9.17. The summed E-state index contributed by atoms with van der Waals surface area (Å²) in [5.74, 6) is 0.995. The summed E-state index contributed by atoms with van der Waals surface area (Å²) in [7, 11) is 1.61. The second-order valence-electron chi connectivity index (χ2n) is 4.20. The monoisotopic (exact) mass is 257 g/mol. The normalized spacial score (nSPS) is 10.8. The molecule has 0 bridgehead atoms. The maximum Gasteiger partial charge on any atom is 0.140 e. The molecule has 4 nitrogen and oxygen atoms in total. The number of nitrogens with one attached hydrogen (secondary N) is 1. The third kappa shape index (κ3) is 1.99. The van der Waals surface area contributed by atoms with E-state index in [1.807, 2.05) is 18.2 Å². The fraction of sp³-hybridized carbons (Fsp3) is 0.0714. The van der Waals surface area contributed by atoms with Crippen LogP contribution in [0.15, 0.2) is 36.4 Å². The number of imidazole rings is 1. The smallest absolute Gasteiger partial charge is 0.140 e. The van der Waals surface area contributed by atoms with E-state index in [2.05, 4.69) is 9.97 Å². The molecular weight excluding hydrogens is 245 g/mol. The van der Waals surface area contributed by atoms with Gasteiger partial charge in [-0.1, -0.05) is 0 Å². The van der Waals surface area contributed by atoms with Crippen molar-refractivity contribution in [2.24, 2.45) is 0 Å². The lowest BCUT2D eigenvalue weighted by atomic mass is 10.1. The third-order valence-electron chi connectivity index (χ3n) is 2.96. The first-order valence-electron chi connectivity index (χ1n) is 5.76. The molecule has 5 heteroatoms. The van der Waals surface area contributed by atoms with E-state index in [0.717, 1.165) is 16.8 Å². The molecule has 0 amide bonds. The van der Waals surface area contributed by atoms with Gasteiger partial charge in [0.05, 0.1) is 18.1 Å². The van der Waals surface area contributed by atoms with Crippen LogP contribution in [-0.4, -0.2) is 17.1 Å². The molecule has 2 aromatic carbocycles. The number of aromatic amines is 1. The van der Waals surface area contributed by atoms with E-state index in [0.29, 0.717) is 17.1 Å². The lowest BCUT2D eigenvalue weighted by molar-refractivity contribution is 0.415. The van der Waals surface area contributed by atoms with Gasteiger partial charge in [0.25, 0.3) is 0 Å². The van der Waals surface area contributed by atoms with Gasteiger partial charge in [0.15, 0.2) is 0 Å². The lowest BCUT2D eigenvalue weighted by Crippen LogP contribution is -1.92. The van der Waals surface area contributed by atoms with Crippen LogP contribution in [0.3, 0.4) is 0 Å². The van der Waals surface area contributed by atoms with Gasteiger partial charge in [-0.15, -0.1) is 0 Å². The molecule has 0 aliphatic rings. The summed E-state index contributed by atoms with van der Waals surface area (Å²) in [4.78, 5) is 7.59. The number of halogens is 1. The Hall–Kier alpha value is -2.56. The number of hydrogen-bond donors (Lipinski definition) is 2. The highest BCUT2D eigenvalue weighted by molar-refractivity contribution is 5.83. The molecule has 0 saturated carbocycles. The Morgan fingerprint density at radius 3 is 2.79 bits per heavy atom. The van der Waals surface area contributed by atoms with Crippen molar-refractivity contribution in [3.05, 3.63) is 42.2 Å². The standard InChI is InChI=1S/C14H12FN3O/c1-19-9-3-5-12-13(7-9)18-14(17-12)10-4-2-8(15)6-11(10)16/h2-7H,16H2,1H3,(H,17,18). The van der Waals surface area contributed by atoms with Gasteiger partial charge in [0, 0.05) is 17.3 Å². The van der Waals surface area contributed by atoms with Crippen molar-refractivity contribution in [1.29, 1.82) is 0 Å². The molecule has 0 unspecified atom stereocenters. The van der Waals surface area contributed by atoms with Gasteiger partial charge < -0.3 is 15.5 Å². The zero-order valence-electron chi connectivity index (χ0n) is 10.3. The lowest BCUT2D eigenvalue weighted by Gasteiger charge is -2.01. The maximum absolute atomic E-state index is 13.0. The highest BCUT2D eigenvalue weighted by Crippen LogP contribution is 2.27. The highest BCUT2D eigenvalue weighted by atomic mass is 19.1.